The molecule has 0 saturated heterocycles. The van der Waals surface area contributed by atoms with E-state index in [1.165, 1.54) is 11.3 Å². The molecular weight excluding hydrogens is 238 g/mol. The summed E-state index contributed by atoms with van der Waals surface area (Å²) >= 11 is 1.42. The second-order valence-corrected chi connectivity index (χ2v) is 4.30. The van der Waals surface area contributed by atoms with Crippen LogP contribution in [0, 0.1) is 0 Å². The number of ether oxygens (including phenoxy) is 2. The second-order valence-electron chi connectivity index (χ2n) is 3.27. The van der Waals surface area contributed by atoms with E-state index in [1.807, 2.05) is 25.2 Å². The zero-order valence-corrected chi connectivity index (χ0v) is 10.5. The normalized spacial score (nSPS) is 10.2. The Kier molecular flexibility index (Phi) is 3.89. The van der Waals surface area contributed by atoms with Crippen molar-refractivity contribution in [3.05, 3.63) is 29.3 Å². The van der Waals surface area contributed by atoms with Gasteiger partial charge in [0.1, 0.15) is 16.5 Å². The summed E-state index contributed by atoms with van der Waals surface area (Å²) in [7, 11) is 3.49. The summed E-state index contributed by atoms with van der Waals surface area (Å²) in [6, 6.07) is 7.38. The van der Waals surface area contributed by atoms with E-state index in [0.29, 0.717) is 17.5 Å². The van der Waals surface area contributed by atoms with Gasteiger partial charge in [0.25, 0.3) is 5.19 Å². The van der Waals surface area contributed by atoms with E-state index in [9.17, 15) is 0 Å². The molecule has 6 heteroatoms. The van der Waals surface area contributed by atoms with Crippen molar-refractivity contribution in [2.24, 2.45) is 0 Å². The Morgan fingerprint density at radius 1 is 1.29 bits per heavy atom. The SMILES string of the molecule is CNCc1nnc(Oc2cccc(OC)c2)s1. The first-order valence-electron chi connectivity index (χ1n) is 5.10. The van der Waals surface area contributed by atoms with Crippen LogP contribution in [-0.2, 0) is 6.54 Å². The lowest BCUT2D eigenvalue weighted by atomic mass is 10.3. The topological polar surface area (TPSA) is 56.3 Å². The highest BCUT2D eigenvalue weighted by atomic mass is 32.1. The van der Waals surface area contributed by atoms with Gasteiger partial charge in [-0.1, -0.05) is 22.5 Å². The molecule has 1 heterocycles. The first kappa shape index (κ1) is 11.8. The molecule has 1 aromatic heterocycles. The van der Waals surface area contributed by atoms with Crippen LogP contribution < -0.4 is 14.8 Å². The van der Waals surface area contributed by atoms with E-state index >= 15 is 0 Å². The molecule has 0 aliphatic rings. The smallest absolute Gasteiger partial charge is 0.299 e. The van der Waals surface area contributed by atoms with Crippen LogP contribution in [-0.4, -0.2) is 24.4 Å². The number of rotatable bonds is 5. The zero-order valence-electron chi connectivity index (χ0n) is 9.64. The van der Waals surface area contributed by atoms with E-state index < -0.39 is 0 Å². The van der Waals surface area contributed by atoms with E-state index in [0.717, 1.165) is 10.8 Å². The van der Waals surface area contributed by atoms with Gasteiger partial charge < -0.3 is 14.8 Å². The van der Waals surface area contributed by atoms with Crippen molar-refractivity contribution in [2.45, 2.75) is 6.54 Å². The van der Waals surface area contributed by atoms with Crippen LogP contribution in [0.5, 0.6) is 16.7 Å². The lowest BCUT2D eigenvalue weighted by Gasteiger charge is -2.03. The Morgan fingerprint density at radius 3 is 2.88 bits per heavy atom. The van der Waals surface area contributed by atoms with Crippen LogP contribution in [0.1, 0.15) is 5.01 Å². The molecule has 0 saturated carbocycles. The number of hydrogen-bond donors (Lipinski definition) is 1. The van der Waals surface area contributed by atoms with Crippen LogP contribution in [0.4, 0.5) is 0 Å². The molecule has 0 unspecified atom stereocenters. The maximum absolute atomic E-state index is 5.58. The number of aromatic nitrogens is 2. The molecule has 1 aromatic carbocycles. The first-order valence-corrected chi connectivity index (χ1v) is 5.92. The van der Waals surface area contributed by atoms with Crippen LogP contribution in [0.2, 0.25) is 0 Å². The van der Waals surface area contributed by atoms with Crippen LogP contribution >= 0.6 is 11.3 Å². The predicted octanol–water partition coefficient (Wildman–Crippen LogP) is 2.06. The number of benzene rings is 1. The summed E-state index contributed by atoms with van der Waals surface area (Å²) in [4.78, 5) is 0. The summed E-state index contributed by atoms with van der Waals surface area (Å²) in [5.74, 6) is 1.44. The summed E-state index contributed by atoms with van der Waals surface area (Å²) in [6.45, 7) is 0.694. The number of nitrogens with one attached hydrogen (secondary N) is 1. The summed E-state index contributed by atoms with van der Waals surface area (Å²) in [5.41, 5.74) is 0. The molecule has 0 aliphatic carbocycles. The fourth-order valence-corrected chi connectivity index (χ4v) is 1.99. The van der Waals surface area contributed by atoms with Crippen molar-refractivity contribution in [1.29, 1.82) is 0 Å². The van der Waals surface area contributed by atoms with E-state index in [4.69, 9.17) is 9.47 Å². The van der Waals surface area contributed by atoms with Gasteiger partial charge in [-0.3, -0.25) is 0 Å². The van der Waals surface area contributed by atoms with Gasteiger partial charge in [0.2, 0.25) is 0 Å². The molecule has 0 spiro atoms. The monoisotopic (exact) mass is 251 g/mol. The van der Waals surface area contributed by atoms with E-state index in [2.05, 4.69) is 15.5 Å². The standard InChI is InChI=1S/C11H13N3O2S/c1-12-7-10-13-14-11(17-10)16-9-5-3-4-8(6-9)15-2/h3-6,12H,7H2,1-2H3. The van der Waals surface area contributed by atoms with Gasteiger partial charge in [-0.2, -0.15) is 0 Å². The van der Waals surface area contributed by atoms with Crippen molar-refractivity contribution >= 4 is 11.3 Å². The van der Waals surface area contributed by atoms with E-state index in [-0.39, 0.29) is 0 Å². The average Bonchev–Trinajstić information content (AvgIpc) is 2.77. The number of methoxy groups -OCH3 is 1. The van der Waals surface area contributed by atoms with Crippen molar-refractivity contribution < 1.29 is 9.47 Å². The highest BCUT2D eigenvalue weighted by molar-refractivity contribution is 7.13. The van der Waals surface area contributed by atoms with Gasteiger partial charge in [-0.25, -0.2) is 0 Å². The molecule has 90 valence electrons. The van der Waals surface area contributed by atoms with Crippen molar-refractivity contribution in [2.75, 3.05) is 14.2 Å². The lowest BCUT2D eigenvalue weighted by Crippen LogP contribution is -2.04. The minimum absolute atomic E-state index is 0.531. The largest absolute Gasteiger partial charge is 0.497 e. The third-order valence-corrected chi connectivity index (χ3v) is 2.82. The zero-order chi connectivity index (χ0) is 12.1. The minimum atomic E-state index is 0.531. The average molecular weight is 251 g/mol. The van der Waals surface area contributed by atoms with Crippen LogP contribution in [0.15, 0.2) is 24.3 Å². The molecule has 17 heavy (non-hydrogen) atoms. The van der Waals surface area contributed by atoms with Gasteiger partial charge in [0.05, 0.1) is 7.11 Å². The third kappa shape index (κ3) is 3.15. The second kappa shape index (κ2) is 5.60. The Hall–Kier alpha value is -1.66. The first-order chi connectivity index (χ1) is 8.31. The fourth-order valence-electron chi connectivity index (χ4n) is 1.27. The molecule has 2 rings (SSSR count). The maximum atomic E-state index is 5.58. The number of nitrogens with zero attached hydrogens (tertiary/aromatic N) is 2. The Morgan fingerprint density at radius 2 is 2.12 bits per heavy atom. The van der Waals surface area contributed by atoms with Gasteiger partial charge >= 0.3 is 0 Å². The molecular formula is C11H13N3O2S. The molecule has 0 atom stereocenters. The van der Waals surface area contributed by atoms with Crippen LogP contribution in [0.25, 0.3) is 0 Å². The molecule has 0 fully saturated rings. The molecule has 5 nitrogen and oxygen atoms in total. The van der Waals surface area contributed by atoms with Gasteiger partial charge in [-0.15, -0.1) is 5.10 Å². The molecule has 2 aromatic rings. The summed E-state index contributed by atoms with van der Waals surface area (Å²) in [6.07, 6.45) is 0. The van der Waals surface area contributed by atoms with Crippen molar-refractivity contribution in [3.8, 4) is 16.7 Å². The molecule has 1 N–H and O–H groups in total. The Bertz CT molecular complexity index is 487. The van der Waals surface area contributed by atoms with E-state index in [1.54, 1.807) is 13.2 Å². The number of hydrogen-bond acceptors (Lipinski definition) is 6. The summed E-state index contributed by atoms with van der Waals surface area (Å²) < 4.78 is 10.7. The third-order valence-electron chi connectivity index (χ3n) is 2.02. The van der Waals surface area contributed by atoms with Crippen molar-refractivity contribution in [3.63, 3.8) is 0 Å². The Labute approximate surface area is 103 Å². The summed E-state index contributed by atoms with van der Waals surface area (Å²) in [5, 5.41) is 12.4. The highest BCUT2D eigenvalue weighted by Crippen LogP contribution is 2.27. The fraction of sp³-hybridized carbons (Fsp3) is 0.273. The van der Waals surface area contributed by atoms with Gasteiger partial charge in [-0.05, 0) is 19.2 Å². The highest BCUT2D eigenvalue weighted by Gasteiger charge is 2.06. The molecule has 0 amide bonds. The lowest BCUT2D eigenvalue weighted by molar-refractivity contribution is 0.408. The molecule has 0 bridgehead atoms. The van der Waals surface area contributed by atoms with Gasteiger partial charge in [0, 0.05) is 12.6 Å². The predicted molar refractivity (Wildman–Crippen MR) is 65.7 cm³/mol. The van der Waals surface area contributed by atoms with Gasteiger partial charge in [0.15, 0.2) is 0 Å². The molecule has 0 aliphatic heterocycles. The maximum Gasteiger partial charge on any atom is 0.299 e. The van der Waals surface area contributed by atoms with Crippen LogP contribution in [0.3, 0.4) is 0 Å². The Balaban J connectivity index is 2.08. The van der Waals surface area contributed by atoms with Crippen molar-refractivity contribution in [1.82, 2.24) is 15.5 Å². The quantitative estimate of drug-likeness (QED) is 0.881. The molecule has 0 radical (unpaired) electrons. The minimum Gasteiger partial charge on any atom is -0.497 e.